The first kappa shape index (κ1) is 13.6. The fourth-order valence-electron chi connectivity index (χ4n) is 3.27. The molecule has 3 aromatic rings. The number of nitrogens with zero attached hydrogens (tertiary/aromatic N) is 5. The molecule has 118 valence electrons. The molecule has 24 heavy (non-hydrogen) atoms. The van der Waals surface area contributed by atoms with E-state index < -0.39 is 0 Å². The second-order valence-electron chi connectivity index (χ2n) is 6.55. The number of benzene rings is 2. The lowest BCUT2D eigenvalue weighted by atomic mass is 9.98. The highest BCUT2D eigenvalue weighted by atomic mass is 15.4. The van der Waals surface area contributed by atoms with E-state index in [0.29, 0.717) is 6.04 Å². The lowest BCUT2D eigenvalue weighted by molar-refractivity contribution is 0.630. The van der Waals surface area contributed by atoms with Gasteiger partial charge in [-0.25, -0.2) is 4.68 Å². The monoisotopic (exact) mass is 315 g/mol. The van der Waals surface area contributed by atoms with Gasteiger partial charge < -0.3 is 0 Å². The van der Waals surface area contributed by atoms with Crippen molar-refractivity contribution in [3.05, 3.63) is 59.2 Å². The second-order valence-corrected chi connectivity index (χ2v) is 6.55. The lowest BCUT2D eigenvalue weighted by Gasteiger charge is -2.05. The average Bonchev–Trinajstić information content (AvgIpc) is 3.18. The predicted octanol–water partition coefficient (Wildman–Crippen LogP) is 3.67. The molecule has 0 saturated heterocycles. The molecule has 0 spiro atoms. The van der Waals surface area contributed by atoms with Crippen molar-refractivity contribution in [1.29, 1.82) is 0 Å². The molecular weight excluding hydrogens is 298 g/mol. The van der Waals surface area contributed by atoms with E-state index in [4.69, 9.17) is 0 Å². The van der Waals surface area contributed by atoms with Crippen LogP contribution in [0.5, 0.6) is 0 Å². The van der Waals surface area contributed by atoms with Crippen LogP contribution >= 0.6 is 0 Å². The number of fused-ring (bicyclic) bond motifs is 1. The Morgan fingerprint density at radius 3 is 2.67 bits per heavy atom. The van der Waals surface area contributed by atoms with Gasteiger partial charge in [0.1, 0.15) is 5.52 Å². The van der Waals surface area contributed by atoms with Crippen molar-refractivity contribution < 1.29 is 0 Å². The summed E-state index contributed by atoms with van der Waals surface area (Å²) >= 11 is 0. The highest BCUT2D eigenvalue weighted by Crippen LogP contribution is 2.36. The molecule has 1 fully saturated rings. The quantitative estimate of drug-likeness (QED) is 0.740. The van der Waals surface area contributed by atoms with E-state index in [0.717, 1.165) is 34.4 Å². The average molecular weight is 315 g/mol. The third kappa shape index (κ3) is 2.16. The van der Waals surface area contributed by atoms with Gasteiger partial charge in [-0.2, -0.15) is 10.2 Å². The van der Waals surface area contributed by atoms with E-state index in [-0.39, 0.29) is 0 Å². The summed E-state index contributed by atoms with van der Waals surface area (Å²) in [7, 11) is 0. The van der Waals surface area contributed by atoms with E-state index in [1.165, 1.54) is 24.0 Å². The standard InChI is InChI=1S/C19H17N5/c1-12-4-2-3-5-15(12)17-11-16(20-21-17)13-6-9-19-18(10-13)22-23-24(19)14-7-8-14/h2-6,9-10,14H,7-8,11H2,1H3. The van der Waals surface area contributed by atoms with Gasteiger partial charge in [-0.05, 0) is 37.5 Å². The molecule has 0 unspecified atom stereocenters. The molecule has 0 atom stereocenters. The van der Waals surface area contributed by atoms with Crippen LogP contribution in [0, 0.1) is 6.92 Å². The maximum atomic E-state index is 4.42. The molecule has 5 heteroatoms. The molecule has 0 radical (unpaired) electrons. The fourth-order valence-corrected chi connectivity index (χ4v) is 3.27. The van der Waals surface area contributed by atoms with Gasteiger partial charge in [0, 0.05) is 17.5 Å². The van der Waals surface area contributed by atoms with Crippen molar-refractivity contribution in [2.75, 3.05) is 0 Å². The summed E-state index contributed by atoms with van der Waals surface area (Å²) in [6, 6.07) is 15.2. The predicted molar refractivity (Wildman–Crippen MR) is 94.7 cm³/mol. The van der Waals surface area contributed by atoms with E-state index in [1.807, 2.05) is 16.8 Å². The van der Waals surface area contributed by atoms with Gasteiger partial charge in [-0.15, -0.1) is 5.10 Å². The summed E-state index contributed by atoms with van der Waals surface area (Å²) in [5.41, 5.74) is 7.57. The molecule has 5 nitrogen and oxygen atoms in total. The number of hydrogen-bond donors (Lipinski definition) is 0. The Labute approximate surface area is 139 Å². The third-order valence-electron chi connectivity index (χ3n) is 4.78. The van der Waals surface area contributed by atoms with Crippen molar-refractivity contribution >= 4 is 22.5 Å². The molecule has 5 rings (SSSR count). The first-order chi connectivity index (χ1) is 11.8. The lowest BCUT2D eigenvalue weighted by Crippen LogP contribution is -2.06. The zero-order chi connectivity index (χ0) is 16.1. The number of aryl methyl sites for hydroxylation is 1. The van der Waals surface area contributed by atoms with Crippen LogP contribution in [-0.2, 0) is 0 Å². The summed E-state index contributed by atoms with van der Waals surface area (Å²) in [6.07, 6.45) is 3.17. The number of hydrogen-bond acceptors (Lipinski definition) is 4. The van der Waals surface area contributed by atoms with Gasteiger partial charge in [0.15, 0.2) is 0 Å². The molecule has 1 aliphatic carbocycles. The van der Waals surface area contributed by atoms with Crippen molar-refractivity contribution in [2.45, 2.75) is 32.2 Å². The van der Waals surface area contributed by atoms with Gasteiger partial charge >= 0.3 is 0 Å². The Morgan fingerprint density at radius 2 is 1.83 bits per heavy atom. The SMILES string of the molecule is Cc1ccccc1C1=NN=C(c2ccc3c(c2)nnn3C2CC2)C1. The van der Waals surface area contributed by atoms with E-state index in [2.05, 4.69) is 57.8 Å². The topological polar surface area (TPSA) is 55.4 Å². The van der Waals surface area contributed by atoms with Crippen LogP contribution in [-0.4, -0.2) is 26.4 Å². The third-order valence-corrected chi connectivity index (χ3v) is 4.78. The zero-order valence-electron chi connectivity index (χ0n) is 13.5. The first-order valence-corrected chi connectivity index (χ1v) is 8.34. The molecular formula is C19H17N5. The highest BCUT2D eigenvalue weighted by Gasteiger charge is 2.26. The summed E-state index contributed by atoms with van der Waals surface area (Å²) in [6.45, 7) is 2.11. The smallest absolute Gasteiger partial charge is 0.113 e. The first-order valence-electron chi connectivity index (χ1n) is 8.34. The minimum atomic E-state index is 0.542. The molecule has 0 N–H and O–H groups in total. The molecule has 2 aliphatic rings. The maximum Gasteiger partial charge on any atom is 0.113 e. The molecule has 0 bridgehead atoms. The Morgan fingerprint density at radius 1 is 1.00 bits per heavy atom. The van der Waals surface area contributed by atoms with Crippen molar-refractivity contribution in [1.82, 2.24) is 15.0 Å². The molecule has 1 saturated carbocycles. The maximum absolute atomic E-state index is 4.42. The van der Waals surface area contributed by atoms with Crippen LogP contribution in [0.2, 0.25) is 0 Å². The zero-order valence-corrected chi connectivity index (χ0v) is 13.5. The van der Waals surface area contributed by atoms with Gasteiger partial charge in [-0.1, -0.05) is 35.5 Å². The normalized spacial score (nSPS) is 17.2. The summed E-state index contributed by atoms with van der Waals surface area (Å²) in [5.74, 6) is 0. The second kappa shape index (κ2) is 5.09. The minimum absolute atomic E-state index is 0.542. The Kier molecular flexibility index (Phi) is 2.89. The van der Waals surface area contributed by atoms with E-state index in [1.54, 1.807) is 0 Å². The van der Waals surface area contributed by atoms with Gasteiger partial charge in [-0.3, -0.25) is 0 Å². The molecule has 1 aromatic heterocycles. The molecule has 2 aromatic carbocycles. The molecule has 2 heterocycles. The number of rotatable bonds is 3. The van der Waals surface area contributed by atoms with Crippen LogP contribution < -0.4 is 0 Å². The van der Waals surface area contributed by atoms with Gasteiger partial charge in [0.25, 0.3) is 0 Å². The molecule has 0 amide bonds. The van der Waals surface area contributed by atoms with Crippen LogP contribution in [0.15, 0.2) is 52.7 Å². The van der Waals surface area contributed by atoms with Crippen LogP contribution in [0.3, 0.4) is 0 Å². The van der Waals surface area contributed by atoms with Crippen molar-refractivity contribution in [3.8, 4) is 0 Å². The Bertz CT molecular complexity index is 1010. The summed E-state index contributed by atoms with van der Waals surface area (Å²) in [4.78, 5) is 0. The van der Waals surface area contributed by atoms with Gasteiger partial charge in [0.05, 0.1) is 23.0 Å². The highest BCUT2D eigenvalue weighted by molar-refractivity contribution is 6.21. The fraction of sp³-hybridized carbons (Fsp3) is 0.263. The van der Waals surface area contributed by atoms with Crippen LogP contribution in [0.1, 0.15) is 42.0 Å². The van der Waals surface area contributed by atoms with E-state index in [9.17, 15) is 0 Å². The minimum Gasteiger partial charge on any atom is -0.242 e. The molecule has 1 aliphatic heterocycles. The van der Waals surface area contributed by atoms with Crippen LogP contribution in [0.25, 0.3) is 11.0 Å². The largest absolute Gasteiger partial charge is 0.242 e. The Hall–Kier alpha value is -2.82. The van der Waals surface area contributed by atoms with Crippen molar-refractivity contribution in [2.24, 2.45) is 10.2 Å². The van der Waals surface area contributed by atoms with Gasteiger partial charge in [0.2, 0.25) is 0 Å². The van der Waals surface area contributed by atoms with E-state index >= 15 is 0 Å². The summed E-state index contributed by atoms with van der Waals surface area (Å²) in [5, 5.41) is 17.4. The van der Waals surface area contributed by atoms with Crippen LogP contribution in [0.4, 0.5) is 0 Å². The summed E-state index contributed by atoms with van der Waals surface area (Å²) < 4.78 is 2.05. The number of aromatic nitrogens is 3. The van der Waals surface area contributed by atoms with Crippen molar-refractivity contribution in [3.63, 3.8) is 0 Å². The Balaban J connectivity index is 1.44.